The molecule has 1 aliphatic rings. The minimum absolute atomic E-state index is 0.0116. The van der Waals surface area contributed by atoms with Crippen molar-refractivity contribution in [3.8, 4) is 11.3 Å². The van der Waals surface area contributed by atoms with E-state index in [0.717, 1.165) is 18.9 Å². The summed E-state index contributed by atoms with van der Waals surface area (Å²) in [5.41, 5.74) is 1.58. The van der Waals surface area contributed by atoms with Crippen LogP contribution in [0.1, 0.15) is 26.2 Å². The molecule has 1 fully saturated rings. The van der Waals surface area contributed by atoms with Gasteiger partial charge in [0.2, 0.25) is 0 Å². The summed E-state index contributed by atoms with van der Waals surface area (Å²) >= 11 is 0. The predicted octanol–water partition coefficient (Wildman–Crippen LogP) is 5.55. The molecule has 1 aromatic heterocycles. The van der Waals surface area contributed by atoms with E-state index < -0.39 is 11.6 Å². The maximum atomic E-state index is 13.5. The van der Waals surface area contributed by atoms with E-state index in [9.17, 15) is 18.0 Å². The Morgan fingerprint density at radius 3 is 2.45 bits per heavy atom. The van der Waals surface area contributed by atoms with Gasteiger partial charge in [0.05, 0.1) is 18.2 Å². The zero-order valence-electron chi connectivity index (χ0n) is 17.4. The molecule has 0 bridgehead atoms. The van der Waals surface area contributed by atoms with Gasteiger partial charge in [-0.1, -0.05) is 0 Å². The van der Waals surface area contributed by atoms with Crippen LogP contribution in [-0.2, 0) is 9.47 Å². The number of halogens is 3. The molecule has 0 radical (unpaired) electrons. The van der Waals surface area contributed by atoms with Crippen LogP contribution in [0.25, 0.3) is 22.2 Å². The van der Waals surface area contributed by atoms with Gasteiger partial charge in [-0.2, -0.15) is 0 Å². The van der Waals surface area contributed by atoms with Gasteiger partial charge < -0.3 is 19.8 Å². The number of amides is 1. The first-order valence-corrected chi connectivity index (χ1v) is 10.1. The third-order valence-electron chi connectivity index (χ3n) is 4.91. The largest absolute Gasteiger partial charge is 0.446 e. The molecule has 166 valence electrons. The predicted molar refractivity (Wildman–Crippen MR) is 112 cm³/mol. The lowest BCUT2D eigenvalue weighted by Gasteiger charge is -2.25. The van der Waals surface area contributed by atoms with Crippen LogP contribution in [0.3, 0.4) is 0 Å². The number of carbonyl (C=O) groups is 1. The molecule has 3 aromatic rings. The Morgan fingerprint density at radius 2 is 1.84 bits per heavy atom. The minimum atomic E-state index is -0.640. The van der Waals surface area contributed by atoms with E-state index in [1.54, 1.807) is 25.3 Å². The molecular formula is C23H25F3N2O3. The maximum Gasteiger partial charge on any atom is 0.407 e. The van der Waals surface area contributed by atoms with Crippen LogP contribution in [0.4, 0.5) is 18.0 Å². The van der Waals surface area contributed by atoms with Crippen LogP contribution >= 0.6 is 0 Å². The van der Waals surface area contributed by atoms with Crippen molar-refractivity contribution < 1.29 is 27.4 Å². The first-order valence-electron chi connectivity index (χ1n) is 10.1. The summed E-state index contributed by atoms with van der Waals surface area (Å²) in [7, 11) is 1.61. The fourth-order valence-corrected chi connectivity index (χ4v) is 3.12. The van der Waals surface area contributed by atoms with Crippen molar-refractivity contribution in [2.24, 2.45) is 0 Å². The standard InChI is InChI=1S/C14H8F3N.C9H17NO3/c15-10-3-1-8(2-4-10)13-6-9-5-11(16)7-12(17)14(9)18-13;1-7(6-12-2)10-9(11)13-8-4-3-5-8/h1-7,18H;7-8H,3-6H2,1-2H3,(H,10,11). The van der Waals surface area contributed by atoms with E-state index in [1.165, 1.54) is 24.6 Å². The molecule has 31 heavy (non-hydrogen) atoms. The molecule has 2 aromatic carbocycles. The third kappa shape index (κ3) is 6.24. The second-order valence-electron chi connectivity index (χ2n) is 7.50. The van der Waals surface area contributed by atoms with Gasteiger partial charge in [0.15, 0.2) is 0 Å². The summed E-state index contributed by atoms with van der Waals surface area (Å²) < 4.78 is 49.3. The molecule has 0 spiro atoms. The highest BCUT2D eigenvalue weighted by molar-refractivity contribution is 5.86. The number of ether oxygens (including phenoxy) is 2. The molecule has 5 nitrogen and oxygen atoms in total. The number of H-pyrrole nitrogens is 1. The molecule has 1 atom stereocenters. The lowest BCUT2D eigenvalue weighted by atomic mass is 9.96. The van der Waals surface area contributed by atoms with Crippen LogP contribution in [0.5, 0.6) is 0 Å². The average Bonchev–Trinajstić information content (AvgIpc) is 3.10. The van der Waals surface area contributed by atoms with Gasteiger partial charge in [-0.3, -0.25) is 0 Å². The molecule has 1 aliphatic carbocycles. The second-order valence-corrected chi connectivity index (χ2v) is 7.50. The molecule has 1 heterocycles. The van der Waals surface area contributed by atoms with Gasteiger partial charge in [-0.15, -0.1) is 0 Å². The highest BCUT2D eigenvalue weighted by Gasteiger charge is 2.22. The van der Waals surface area contributed by atoms with Crippen LogP contribution in [0.2, 0.25) is 0 Å². The second kappa shape index (κ2) is 10.3. The molecule has 2 N–H and O–H groups in total. The van der Waals surface area contributed by atoms with E-state index in [1.807, 2.05) is 6.92 Å². The summed E-state index contributed by atoms with van der Waals surface area (Å²) in [6.45, 7) is 2.39. The molecule has 1 amide bonds. The molecule has 0 saturated heterocycles. The number of methoxy groups -OCH3 is 1. The Morgan fingerprint density at radius 1 is 1.13 bits per heavy atom. The van der Waals surface area contributed by atoms with Crippen molar-refractivity contribution in [1.82, 2.24) is 10.3 Å². The average molecular weight is 434 g/mol. The van der Waals surface area contributed by atoms with Gasteiger partial charge in [0, 0.05) is 24.3 Å². The Hall–Kier alpha value is -3.00. The summed E-state index contributed by atoms with van der Waals surface area (Å²) in [6, 6.07) is 9.51. The molecule has 0 aliphatic heterocycles. The Bertz CT molecular complexity index is 1020. The fourth-order valence-electron chi connectivity index (χ4n) is 3.12. The van der Waals surface area contributed by atoms with Crippen molar-refractivity contribution in [3.05, 3.63) is 59.9 Å². The summed E-state index contributed by atoms with van der Waals surface area (Å²) in [6.07, 6.45) is 3.01. The van der Waals surface area contributed by atoms with Crippen molar-refractivity contribution in [1.29, 1.82) is 0 Å². The fraction of sp³-hybridized carbons (Fsp3) is 0.348. The van der Waals surface area contributed by atoms with Gasteiger partial charge >= 0.3 is 6.09 Å². The maximum absolute atomic E-state index is 13.5. The number of aromatic amines is 1. The van der Waals surface area contributed by atoms with Crippen LogP contribution in [0, 0.1) is 17.5 Å². The number of aromatic nitrogens is 1. The SMILES string of the molecule is COCC(C)NC(=O)OC1CCC1.Fc1ccc(-c2cc3cc(F)cc(F)c3[nH]2)cc1. The monoisotopic (exact) mass is 434 g/mol. The van der Waals surface area contributed by atoms with Crippen LogP contribution in [0.15, 0.2) is 42.5 Å². The number of alkyl carbamates (subject to hydrolysis) is 1. The minimum Gasteiger partial charge on any atom is -0.446 e. The van der Waals surface area contributed by atoms with Crippen LogP contribution in [-0.4, -0.2) is 36.9 Å². The summed E-state index contributed by atoms with van der Waals surface area (Å²) in [5.74, 6) is -1.60. The van der Waals surface area contributed by atoms with Gasteiger partial charge in [-0.25, -0.2) is 18.0 Å². The van der Waals surface area contributed by atoms with Gasteiger partial charge in [-0.05, 0) is 68.1 Å². The smallest absolute Gasteiger partial charge is 0.407 e. The first-order chi connectivity index (χ1) is 14.9. The highest BCUT2D eigenvalue weighted by Crippen LogP contribution is 2.26. The lowest BCUT2D eigenvalue weighted by Crippen LogP contribution is -2.39. The number of nitrogens with one attached hydrogen (secondary N) is 2. The van der Waals surface area contributed by atoms with E-state index in [4.69, 9.17) is 9.47 Å². The summed E-state index contributed by atoms with van der Waals surface area (Å²) in [5, 5.41) is 3.14. The van der Waals surface area contributed by atoms with Crippen molar-refractivity contribution in [3.63, 3.8) is 0 Å². The number of hydrogen-bond acceptors (Lipinski definition) is 3. The Labute approximate surface area is 178 Å². The number of fused-ring (bicyclic) bond motifs is 1. The molecule has 8 heteroatoms. The number of benzene rings is 2. The molecular weight excluding hydrogens is 409 g/mol. The van der Waals surface area contributed by atoms with E-state index in [0.29, 0.717) is 23.3 Å². The first kappa shape index (κ1) is 22.7. The zero-order chi connectivity index (χ0) is 22.4. The molecule has 1 saturated carbocycles. The van der Waals surface area contributed by atoms with E-state index in [-0.39, 0.29) is 29.6 Å². The number of rotatable bonds is 5. The lowest BCUT2D eigenvalue weighted by molar-refractivity contribution is 0.0479. The number of carbonyl (C=O) groups excluding carboxylic acids is 1. The van der Waals surface area contributed by atoms with Crippen molar-refractivity contribution in [2.45, 2.75) is 38.3 Å². The summed E-state index contributed by atoms with van der Waals surface area (Å²) in [4.78, 5) is 14.0. The zero-order valence-corrected chi connectivity index (χ0v) is 17.4. The normalized spacial score (nSPS) is 14.4. The van der Waals surface area contributed by atoms with Crippen LogP contribution < -0.4 is 5.32 Å². The van der Waals surface area contributed by atoms with Crippen molar-refractivity contribution >= 4 is 17.0 Å². The topological polar surface area (TPSA) is 63.4 Å². The quantitative estimate of drug-likeness (QED) is 0.553. The van der Waals surface area contributed by atoms with E-state index in [2.05, 4.69) is 10.3 Å². The molecule has 1 unspecified atom stereocenters. The van der Waals surface area contributed by atoms with E-state index >= 15 is 0 Å². The third-order valence-corrected chi connectivity index (χ3v) is 4.91. The Balaban J connectivity index is 0.000000187. The Kier molecular flexibility index (Phi) is 7.57. The van der Waals surface area contributed by atoms with Gasteiger partial charge in [0.25, 0.3) is 0 Å². The number of hydrogen-bond donors (Lipinski definition) is 2. The van der Waals surface area contributed by atoms with Gasteiger partial charge in [0.1, 0.15) is 23.6 Å². The highest BCUT2D eigenvalue weighted by atomic mass is 19.1. The molecule has 4 rings (SSSR count). The van der Waals surface area contributed by atoms with Crippen molar-refractivity contribution in [2.75, 3.05) is 13.7 Å².